The van der Waals surface area contributed by atoms with Crippen molar-refractivity contribution in [2.45, 2.75) is 44.6 Å². The molecule has 1 N–H and O–H groups in total. The zero-order chi connectivity index (χ0) is 30.0. The lowest BCUT2D eigenvalue weighted by molar-refractivity contribution is -0.0199. The van der Waals surface area contributed by atoms with Gasteiger partial charge in [0.1, 0.15) is 5.75 Å². The average Bonchev–Trinajstić information content (AvgIpc) is 3.02. The fourth-order valence-corrected chi connectivity index (χ4v) is 5.67. The largest absolute Gasteiger partial charge is 0.494 e. The van der Waals surface area contributed by atoms with Crippen LogP contribution < -0.4 is 4.74 Å². The second-order valence-corrected chi connectivity index (χ2v) is 11.5. The zero-order valence-electron chi connectivity index (χ0n) is 25.2. The van der Waals surface area contributed by atoms with Gasteiger partial charge in [0.15, 0.2) is 0 Å². The van der Waals surface area contributed by atoms with Crippen molar-refractivity contribution in [3.05, 3.63) is 113 Å². The molecule has 2 atom stereocenters. The summed E-state index contributed by atoms with van der Waals surface area (Å²) in [6, 6.07) is 31.3. The van der Waals surface area contributed by atoms with Crippen molar-refractivity contribution in [1.82, 2.24) is 9.80 Å². The van der Waals surface area contributed by atoms with E-state index in [-0.39, 0.29) is 12.0 Å². The summed E-state index contributed by atoms with van der Waals surface area (Å²) in [7, 11) is 4.14. The molecule has 0 aromatic heterocycles. The van der Waals surface area contributed by atoms with E-state index in [1.807, 2.05) is 30.3 Å². The summed E-state index contributed by atoms with van der Waals surface area (Å²) in [6.45, 7) is 3.99. The summed E-state index contributed by atoms with van der Waals surface area (Å²) in [5.74, 6) is 0.917. The van der Waals surface area contributed by atoms with Crippen LogP contribution in [0.25, 0.3) is 10.8 Å². The Labute approximate surface area is 254 Å². The van der Waals surface area contributed by atoms with Crippen molar-refractivity contribution in [2.24, 2.45) is 0 Å². The maximum atomic E-state index is 11.8. The molecule has 0 spiro atoms. The van der Waals surface area contributed by atoms with Gasteiger partial charge in [-0.25, -0.2) is 4.79 Å². The van der Waals surface area contributed by atoms with Gasteiger partial charge in [-0.1, -0.05) is 66.7 Å². The van der Waals surface area contributed by atoms with Gasteiger partial charge in [0, 0.05) is 25.4 Å². The van der Waals surface area contributed by atoms with Gasteiger partial charge in [0.05, 0.1) is 39.1 Å². The van der Waals surface area contributed by atoms with E-state index in [1.54, 1.807) is 0 Å². The molecular weight excluding hydrogens is 540 g/mol. The first-order valence-corrected chi connectivity index (χ1v) is 15.0. The van der Waals surface area contributed by atoms with Crippen molar-refractivity contribution in [3.8, 4) is 5.75 Å². The summed E-state index contributed by atoms with van der Waals surface area (Å²) in [6.07, 6.45) is 0.377. The van der Waals surface area contributed by atoms with Gasteiger partial charge in [-0.3, -0.25) is 0 Å². The molecule has 5 rings (SSSR count). The molecule has 0 radical (unpaired) electrons. The highest BCUT2D eigenvalue weighted by Crippen LogP contribution is 2.32. The van der Waals surface area contributed by atoms with Gasteiger partial charge in [-0.15, -0.1) is 0 Å². The molecule has 1 amide bonds. The van der Waals surface area contributed by atoms with E-state index in [2.05, 4.69) is 79.7 Å². The minimum atomic E-state index is -0.900. The lowest BCUT2D eigenvalue weighted by atomic mass is 9.87. The van der Waals surface area contributed by atoms with Crippen LogP contribution in [0.1, 0.15) is 41.0 Å². The number of hydrogen-bond donors (Lipinski definition) is 1. The molecule has 7 heteroatoms. The molecule has 0 bridgehead atoms. The molecular formula is C36H42N2O5. The Kier molecular flexibility index (Phi) is 10.7. The van der Waals surface area contributed by atoms with Crippen LogP contribution in [0.3, 0.4) is 0 Å². The maximum Gasteiger partial charge on any atom is 0.407 e. The summed E-state index contributed by atoms with van der Waals surface area (Å²) < 4.78 is 18.2. The second-order valence-electron chi connectivity index (χ2n) is 11.5. The van der Waals surface area contributed by atoms with Crippen LogP contribution in [-0.4, -0.2) is 67.5 Å². The van der Waals surface area contributed by atoms with Crippen LogP contribution in [0, 0.1) is 0 Å². The molecule has 4 aromatic carbocycles. The smallest absolute Gasteiger partial charge is 0.407 e. The predicted molar refractivity (Wildman–Crippen MR) is 170 cm³/mol. The number of piperidine rings is 1. The first kappa shape index (κ1) is 30.5. The Morgan fingerprint density at radius 1 is 0.860 bits per heavy atom. The van der Waals surface area contributed by atoms with Gasteiger partial charge in [0.2, 0.25) is 0 Å². The third-order valence-corrected chi connectivity index (χ3v) is 7.88. The highest BCUT2D eigenvalue weighted by atomic mass is 16.5. The zero-order valence-corrected chi connectivity index (χ0v) is 25.2. The van der Waals surface area contributed by atoms with Gasteiger partial charge >= 0.3 is 6.09 Å². The third kappa shape index (κ3) is 8.80. The van der Waals surface area contributed by atoms with Crippen LogP contribution in [0.2, 0.25) is 0 Å². The molecule has 1 aliphatic heterocycles. The molecule has 0 saturated carbocycles. The Balaban J connectivity index is 1.16. The minimum Gasteiger partial charge on any atom is -0.494 e. The topological polar surface area (TPSA) is 71.5 Å². The Bertz CT molecular complexity index is 1460. The Morgan fingerprint density at radius 3 is 2.35 bits per heavy atom. The van der Waals surface area contributed by atoms with Crippen LogP contribution in [0.15, 0.2) is 91.0 Å². The molecule has 4 aromatic rings. The normalized spacial score (nSPS) is 17.0. The van der Waals surface area contributed by atoms with E-state index in [4.69, 9.17) is 14.2 Å². The summed E-state index contributed by atoms with van der Waals surface area (Å²) in [5, 5.41) is 12.1. The van der Waals surface area contributed by atoms with Gasteiger partial charge in [0.25, 0.3) is 0 Å². The molecule has 2 unspecified atom stereocenters. The van der Waals surface area contributed by atoms with Crippen LogP contribution in [0.5, 0.6) is 5.75 Å². The molecule has 1 saturated heterocycles. The molecule has 7 nitrogen and oxygen atoms in total. The molecule has 0 aliphatic carbocycles. The average molecular weight is 583 g/mol. The van der Waals surface area contributed by atoms with E-state index in [9.17, 15) is 9.90 Å². The first-order chi connectivity index (χ1) is 20.9. The standard InChI is InChI=1S/C36H42N2O5/c1-37(2)23-28-9-11-30-12-10-29(22-32(30)21-28)26-43-35-24-38(36(39)40)18-17-34(35)31-13-15-33(16-14-31)42-20-6-19-41-25-27-7-4-3-5-8-27/h3-5,7-16,21-22,34-35H,6,17-20,23-26H2,1-2H3,(H,39,40). The summed E-state index contributed by atoms with van der Waals surface area (Å²) in [4.78, 5) is 15.4. The van der Waals surface area contributed by atoms with Crippen molar-refractivity contribution < 1.29 is 24.1 Å². The van der Waals surface area contributed by atoms with Gasteiger partial charge in [-0.05, 0) is 77.8 Å². The summed E-state index contributed by atoms with van der Waals surface area (Å²) >= 11 is 0. The highest BCUT2D eigenvalue weighted by molar-refractivity contribution is 5.83. The third-order valence-electron chi connectivity index (χ3n) is 7.88. The number of ether oxygens (including phenoxy) is 3. The van der Waals surface area contributed by atoms with Crippen LogP contribution in [-0.2, 0) is 29.2 Å². The monoisotopic (exact) mass is 582 g/mol. The Hall–Kier alpha value is -3.91. The Morgan fingerprint density at radius 2 is 1.60 bits per heavy atom. The summed E-state index contributed by atoms with van der Waals surface area (Å²) in [5.41, 5.74) is 4.66. The van der Waals surface area contributed by atoms with Crippen molar-refractivity contribution in [3.63, 3.8) is 0 Å². The number of likely N-dealkylation sites (tertiary alicyclic amines) is 1. The molecule has 226 valence electrons. The quantitative estimate of drug-likeness (QED) is 0.172. The molecule has 1 heterocycles. The number of nitrogens with zero attached hydrogens (tertiary/aromatic N) is 2. The lowest BCUT2D eigenvalue weighted by Gasteiger charge is -2.37. The number of benzene rings is 4. The number of rotatable bonds is 13. The number of amides is 1. The fraction of sp³-hybridized carbons (Fsp3) is 0.361. The first-order valence-electron chi connectivity index (χ1n) is 15.0. The van der Waals surface area contributed by atoms with Gasteiger partial charge in [-0.2, -0.15) is 0 Å². The number of hydrogen-bond acceptors (Lipinski definition) is 5. The number of carbonyl (C=O) groups is 1. The minimum absolute atomic E-state index is 0.100. The maximum absolute atomic E-state index is 11.8. The number of fused-ring (bicyclic) bond motifs is 1. The van der Waals surface area contributed by atoms with Crippen molar-refractivity contribution in [1.29, 1.82) is 0 Å². The van der Waals surface area contributed by atoms with E-state index in [0.717, 1.165) is 29.8 Å². The second kappa shape index (κ2) is 15.0. The lowest BCUT2D eigenvalue weighted by Crippen LogP contribution is -2.46. The van der Waals surface area contributed by atoms with E-state index in [0.29, 0.717) is 45.9 Å². The van der Waals surface area contributed by atoms with E-state index in [1.165, 1.54) is 26.8 Å². The van der Waals surface area contributed by atoms with E-state index < -0.39 is 6.09 Å². The predicted octanol–water partition coefficient (Wildman–Crippen LogP) is 6.94. The van der Waals surface area contributed by atoms with Crippen molar-refractivity contribution in [2.75, 3.05) is 40.4 Å². The molecule has 1 fully saturated rings. The molecule has 1 aliphatic rings. The highest BCUT2D eigenvalue weighted by Gasteiger charge is 2.33. The van der Waals surface area contributed by atoms with Gasteiger partial charge < -0.3 is 29.1 Å². The van der Waals surface area contributed by atoms with E-state index >= 15 is 0 Å². The SMILES string of the molecule is CN(C)Cc1ccc2ccc(COC3CN(C(=O)O)CCC3c3ccc(OCCCOCc4ccccc4)cc3)cc2c1. The number of carboxylic acid groups (broad SMARTS) is 1. The van der Waals surface area contributed by atoms with Crippen molar-refractivity contribution >= 4 is 16.9 Å². The van der Waals surface area contributed by atoms with Crippen LogP contribution in [0.4, 0.5) is 4.79 Å². The fourth-order valence-electron chi connectivity index (χ4n) is 5.67. The van der Waals surface area contributed by atoms with Crippen LogP contribution >= 0.6 is 0 Å². The molecule has 43 heavy (non-hydrogen) atoms.